The molecule has 0 saturated heterocycles. The molecule has 112 valence electrons. The van der Waals surface area contributed by atoms with E-state index in [-0.39, 0.29) is 32.4 Å². The number of carbonyl (C=O) groups is 2. The number of halogens is 2. The number of carbonyl (C=O) groups excluding carboxylic acids is 2. The normalized spacial score (nSPS) is 14.5. The average Bonchev–Trinajstić information content (AvgIpc) is 2.46. The molecule has 1 heterocycles. The molecule has 0 unspecified atom stereocenters. The van der Waals surface area contributed by atoms with Crippen LogP contribution in [0.5, 0.6) is 11.5 Å². The van der Waals surface area contributed by atoms with Crippen molar-refractivity contribution in [3.63, 3.8) is 0 Å². The quantitative estimate of drug-likeness (QED) is 0.657. The molecule has 0 amide bonds. The molecule has 2 aromatic rings. The minimum Gasteiger partial charge on any atom is -0.455 e. The van der Waals surface area contributed by atoms with Gasteiger partial charge in [0.1, 0.15) is 21.3 Å². The van der Waals surface area contributed by atoms with E-state index in [9.17, 15) is 18.0 Å². The maximum atomic E-state index is 12.7. The molecule has 0 bridgehead atoms. The largest absolute Gasteiger partial charge is 0.455 e. The highest BCUT2D eigenvalue weighted by Crippen LogP contribution is 2.43. The van der Waals surface area contributed by atoms with Crippen molar-refractivity contribution in [3.8, 4) is 11.5 Å². The minimum absolute atomic E-state index is 0.0283. The van der Waals surface area contributed by atoms with Crippen LogP contribution in [0, 0.1) is 0 Å². The maximum Gasteiger partial charge on any atom is 0.252 e. The third-order valence-electron chi connectivity index (χ3n) is 3.14. The van der Waals surface area contributed by atoms with Gasteiger partial charge in [-0.25, -0.2) is 8.42 Å². The van der Waals surface area contributed by atoms with Crippen LogP contribution in [0.25, 0.3) is 0 Å². The van der Waals surface area contributed by atoms with E-state index in [4.69, 9.17) is 27.9 Å². The lowest BCUT2D eigenvalue weighted by Gasteiger charge is -2.20. The summed E-state index contributed by atoms with van der Waals surface area (Å²) in [6, 6.07) is 7.71. The summed E-state index contributed by atoms with van der Waals surface area (Å²) in [5.74, 6) is 0.165. The van der Waals surface area contributed by atoms with E-state index in [0.29, 0.717) is 0 Å². The lowest BCUT2D eigenvalue weighted by Crippen LogP contribution is -2.12. The molecule has 0 aromatic heterocycles. The average molecular weight is 357 g/mol. The van der Waals surface area contributed by atoms with Crippen molar-refractivity contribution in [1.29, 1.82) is 0 Å². The second-order valence-electron chi connectivity index (χ2n) is 4.48. The Bertz CT molecular complexity index is 865. The molecular weight excluding hydrogens is 351 g/mol. The van der Waals surface area contributed by atoms with Crippen LogP contribution in [0.3, 0.4) is 0 Å². The van der Waals surface area contributed by atoms with E-state index < -0.39 is 20.3 Å². The van der Waals surface area contributed by atoms with Crippen molar-refractivity contribution < 1.29 is 22.7 Å². The highest BCUT2D eigenvalue weighted by Gasteiger charge is 2.32. The van der Waals surface area contributed by atoms with Crippen LogP contribution in [-0.2, 0) is 9.84 Å². The number of benzene rings is 2. The van der Waals surface area contributed by atoms with Crippen molar-refractivity contribution >= 4 is 43.5 Å². The monoisotopic (exact) mass is 356 g/mol. The number of rotatable bonds is 2. The van der Waals surface area contributed by atoms with Gasteiger partial charge in [-0.2, -0.15) is 0 Å². The Morgan fingerprint density at radius 3 is 1.59 bits per heavy atom. The molecule has 5 nitrogen and oxygen atoms in total. The van der Waals surface area contributed by atoms with Gasteiger partial charge in [0.25, 0.3) is 10.5 Å². The Labute approximate surface area is 135 Å². The molecule has 8 heteroatoms. The first-order valence-corrected chi connectivity index (χ1v) is 8.15. The number of ether oxygens (including phenoxy) is 1. The fourth-order valence-electron chi connectivity index (χ4n) is 2.09. The van der Waals surface area contributed by atoms with Gasteiger partial charge in [-0.05, 0) is 59.6 Å². The van der Waals surface area contributed by atoms with Gasteiger partial charge in [0.15, 0.2) is 0 Å². The van der Waals surface area contributed by atoms with Crippen LogP contribution in [0.2, 0.25) is 0 Å². The van der Waals surface area contributed by atoms with E-state index >= 15 is 0 Å². The molecule has 0 N–H and O–H groups in total. The maximum absolute atomic E-state index is 12.7. The molecule has 22 heavy (non-hydrogen) atoms. The summed E-state index contributed by atoms with van der Waals surface area (Å²) in [5.41, 5.74) is 0.0567. The van der Waals surface area contributed by atoms with E-state index in [1.54, 1.807) is 0 Å². The van der Waals surface area contributed by atoms with E-state index in [2.05, 4.69) is 0 Å². The first-order chi connectivity index (χ1) is 10.3. The standard InChI is InChI=1S/C14H6Cl2O5S/c15-13(17)7-1-3-9-11(5-7)22(19,20)12-6-8(14(16)18)2-4-10(12)21-9/h1-6H. The second kappa shape index (κ2) is 5.08. The molecule has 0 aliphatic carbocycles. The molecule has 0 saturated carbocycles. The van der Waals surface area contributed by atoms with Gasteiger partial charge in [0.2, 0.25) is 9.84 Å². The van der Waals surface area contributed by atoms with Crippen LogP contribution < -0.4 is 4.74 Å². The summed E-state index contributed by atoms with van der Waals surface area (Å²) < 4.78 is 30.8. The van der Waals surface area contributed by atoms with Crippen molar-refractivity contribution in [2.24, 2.45) is 0 Å². The van der Waals surface area contributed by atoms with Crippen LogP contribution in [0.1, 0.15) is 20.7 Å². The Hall–Kier alpha value is -1.89. The predicted molar refractivity (Wildman–Crippen MR) is 78.8 cm³/mol. The summed E-state index contributed by atoms with van der Waals surface area (Å²) in [4.78, 5) is 22.0. The predicted octanol–water partition coefficient (Wildman–Crippen LogP) is 3.38. The Morgan fingerprint density at radius 2 is 1.23 bits per heavy atom. The minimum atomic E-state index is -3.96. The van der Waals surface area contributed by atoms with Gasteiger partial charge in [0.05, 0.1) is 0 Å². The molecule has 3 rings (SSSR count). The van der Waals surface area contributed by atoms with E-state index in [0.717, 1.165) is 12.1 Å². The van der Waals surface area contributed by atoms with E-state index in [1.165, 1.54) is 24.3 Å². The van der Waals surface area contributed by atoms with Crippen LogP contribution in [-0.4, -0.2) is 18.9 Å². The van der Waals surface area contributed by atoms with Gasteiger partial charge in [-0.15, -0.1) is 0 Å². The van der Waals surface area contributed by atoms with Crippen molar-refractivity contribution in [3.05, 3.63) is 47.5 Å². The molecule has 1 aliphatic rings. The van der Waals surface area contributed by atoms with Gasteiger partial charge >= 0.3 is 0 Å². The summed E-state index contributed by atoms with van der Waals surface area (Å²) >= 11 is 10.7. The van der Waals surface area contributed by atoms with Gasteiger partial charge in [-0.1, -0.05) is 0 Å². The highest BCUT2D eigenvalue weighted by molar-refractivity contribution is 7.91. The summed E-state index contributed by atoms with van der Waals surface area (Å²) in [7, 11) is -3.96. The summed E-state index contributed by atoms with van der Waals surface area (Å²) in [5, 5.41) is -1.57. The molecule has 1 aliphatic heterocycles. The molecule has 2 aromatic carbocycles. The molecular formula is C14H6Cl2O5S. The Kier molecular flexibility index (Phi) is 3.47. The van der Waals surface area contributed by atoms with Gasteiger partial charge in [0, 0.05) is 11.1 Å². The lowest BCUT2D eigenvalue weighted by atomic mass is 10.2. The number of fused-ring (bicyclic) bond motifs is 2. The van der Waals surface area contributed by atoms with Gasteiger partial charge < -0.3 is 4.74 Å². The Balaban J connectivity index is 2.26. The third-order valence-corrected chi connectivity index (χ3v) is 5.37. The zero-order chi connectivity index (χ0) is 16.1. The summed E-state index contributed by atoms with van der Waals surface area (Å²) in [6.45, 7) is 0. The fourth-order valence-corrected chi connectivity index (χ4v) is 3.87. The smallest absolute Gasteiger partial charge is 0.252 e. The first-order valence-electron chi connectivity index (χ1n) is 5.91. The van der Waals surface area contributed by atoms with Crippen molar-refractivity contribution in [2.75, 3.05) is 0 Å². The topological polar surface area (TPSA) is 77.5 Å². The number of sulfone groups is 1. The highest BCUT2D eigenvalue weighted by atomic mass is 35.5. The molecule has 0 fully saturated rings. The zero-order valence-corrected chi connectivity index (χ0v) is 13.0. The number of hydrogen-bond acceptors (Lipinski definition) is 5. The van der Waals surface area contributed by atoms with Crippen molar-refractivity contribution in [1.82, 2.24) is 0 Å². The third kappa shape index (κ3) is 2.29. The first kappa shape index (κ1) is 15.0. The lowest BCUT2D eigenvalue weighted by molar-refractivity contribution is 0.107. The van der Waals surface area contributed by atoms with Crippen molar-refractivity contribution in [2.45, 2.75) is 9.79 Å². The fraction of sp³-hybridized carbons (Fsp3) is 0. The second-order valence-corrected chi connectivity index (χ2v) is 7.05. The summed E-state index contributed by atoms with van der Waals surface area (Å²) in [6.07, 6.45) is 0. The van der Waals surface area contributed by atoms with E-state index in [1.807, 2.05) is 0 Å². The van der Waals surface area contributed by atoms with Gasteiger partial charge in [-0.3, -0.25) is 9.59 Å². The SMILES string of the molecule is O=C(Cl)c1ccc2c(c1)S(=O)(=O)c1cc(C(=O)Cl)ccc1O2. The van der Waals surface area contributed by atoms with Crippen LogP contribution in [0.15, 0.2) is 46.2 Å². The van der Waals surface area contributed by atoms with Crippen LogP contribution >= 0.6 is 23.2 Å². The Morgan fingerprint density at radius 1 is 0.818 bits per heavy atom. The zero-order valence-electron chi connectivity index (χ0n) is 10.7. The molecule has 0 spiro atoms. The van der Waals surface area contributed by atoms with Crippen LogP contribution in [0.4, 0.5) is 0 Å². The number of hydrogen-bond donors (Lipinski definition) is 0. The molecule has 0 radical (unpaired) electrons. The molecule has 0 atom stereocenters.